The van der Waals surface area contributed by atoms with Crippen LogP contribution in [0.25, 0.3) is 0 Å². The van der Waals surface area contributed by atoms with Crippen molar-refractivity contribution in [3.05, 3.63) is 29.8 Å². The molecule has 1 aromatic rings. The summed E-state index contributed by atoms with van der Waals surface area (Å²) in [5, 5.41) is 5.60. The number of hydrogen-bond donors (Lipinski definition) is 0. The zero-order valence-electron chi connectivity index (χ0n) is 28.3. The Morgan fingerprint density at radius 1 is 0.667 bits per heavy atom. The second kappa shape index (κ2) is 21.4. The van der Waals surface area contributed by atoms with Crippen LogP contribution in [0, 0.1) is 5.41 Å². The van der Waals surface area contributed by atoms with Crippen molar-refractivity contribution in [1.82, 2.24) is 14.8 Å². The summed E-state index contributed by atoms with van der Waals surface area (Å²) in [5.74, 6) is -0.111. The van der Waals surface area contributed by atoms with Gasteiger partial charge in [0.25, 0.3) is 5.91 Å². The van der Waals surface area contributed by atoms with Crippen LogP contribution >= 0.6 is 0 Å². The fourth-order valence-electron chi connectivity index (χ4n) is 3.85. The molecule has 0 aliphatic rings. The quantitative estimate of drug-likeness (QED) is 0.0767. The lowest BCUT2D eigenvalue weighted by Crippen LogP contribution is -2.49. The zero-order valence-corrected chi connectivity index (χ0v) is 28.3. The Bertz CT molecular complexity index is 1090. The Labute approximate surface area is 267 Å². The average molecular weight is 637 g/mol. The first-order chi connectivity index (χ1) is 21.3. The number of rotatable bonds is 23. The minimum absolute atomic E-state index is 0.0946. The van der Waals surface area contributed by atoms with Crippen LogP contribution in [0.1, 0.15) is 46.6 Å². The number of carbonyl (C=O) groups excluding carboxylic acids is 4. The number of likely N-dealkylation sites (N-methyl/N-ethyl adjacent to an activating group) is 2. The number of benzene rings is 1. The number of hydrazone groups is 1. The molecule has 0 radical (unpaired) electrons. The van der Waals surface area contributed by atoms with Crippen LogP contribution in [-0.4, -0.2) is 138 Å². The van der Waals surface area contributed by atoms with Gasteiger partial charge in [-0.1, -0.05) is 0 Å². The van der Waals surface area contributed by atoms with Crippen LogP contribution in [0.15, 0.2) is 29.4 Å². The Morgan fingerprint density at radius 3 is 1.62 bits per heavy atom. The minimum Gasteiger partial charge on any atom is -0.491 e. The van der Waals surface area contributed by atoms with E-state index >= 15 is 0 Å². The molecule has 0 N–H and O–H groups in total. The van der Waals surface area contributed by atoms with Crippen molar-refractivity contribution in [2.24, 2.45) is 10.5 Å². The van der Waals surface area contributed by atoms with Gasteiger partial charge >= 0.3 is 0 Å². The van der Waals surface area contributed by atoms with Crippen molar-refractivity contribution in [2.75, 3.05) is 93.7 Å². The second-order valence-corrected chi connectivity index (χ2v) is 11.1. The third kappa shape index (κ3) is 15.9. The molecule has 0 atom stereocenters. The van der Waals surface area contributed by atoms with Crippen LogP contribution in [0.3, 0.4) is 0 Å². The number of carbonyl (C=O) groups is 4. The van der Waals surface area contributed by atoms with Crippen molar-refractivity contribution in [3.8, 4) is 5.75 Å². The van der Waals surface area contributed by atoms with Crippen molar-refractivity contribution in [3.63, 3.8) is 0 Å². The van der Waals surface area contributed by atoms with Gasteiger partial charge in [-0.25, -0.2) is 5.01 Å². The molecule has 3 amide bonds. The average Bonchev–Trinajstić information content (AvgIpc) is 3.00. The van der Waals surface area contributed by atoms with Crippen molar-refractivity contribution >= 4 is 29.2 Å². The molecular weight excluding hydrogens is 584 g/mol. The van der Waals surface area contributed by atoms with Crippen molar-refractivity contribution in [1.29, 1.82) is 0 Å². The predicted octanol–water partition coefficient (Wildman–Crippen LogP) is 2.26. The van der Waals surface area contributed by atoms with Crippen LogP contribution in [0.2, 0.25) is 0 Å². The van der Waals surface area contributed by atoms with Gasteiger partial charge < -0.3 is 33.5 Å². The Hall–Kier alpha value is -3.39. The highest BCUT2D eigenvalue weighted by molar-refractivity contribution is 6.05. The second-order valence-electron chi connectivity index (χ2n) is 11.1. The lowest BCUT2D eigenvalue weighted by molar-refractivity contribution is -0.153. The molecule has 45 heavy (non-hydrogen) atoms. The SMILES string of the molecule is CC(=O)CCOCCOCCOCCOCCOc1ccc(C(C)=NN(C)C(=O)C(C)(C)C(=O)N(C)CCN(C)C(C)=O)cc1. The van der Waals surface area contributed by atoms with E-state index in [0.29, 0.717) is 90.4 Å². The summed E-state index contributed by atoms with van der Waals surface area (Å²) in [4.78, 5) is 51.4. The van der Waals surface area contributed by atoms with E-state index in [-0.39, 0.29) is 17.6 Å². The summed E-state index contributed by atoms with van der Waals surface area (Å²) in [6.45, 7) is 12.5. The molecule has 254 valence electrons. The topological polar surface area (TPSA) is 137 Å². The van der Waals surface area contributed by atoms with Gasteiger partial charge in [0, 0.05) is 47.6 Å². The van der Waals surface area contributed by atoms with Crippen molar-refractivity contribution in [2.45, 2.75) is 41.0 Å². The maximum atomic E-state index is 13.2. The third-order valence-corrected chi connectivity index (χ3v) is 6.80. The largest absolute Gasteiger partial charge is 0.491 e. The van der Waals surface area contributed by atoms with Crippen LogP contribution in [-0.2, 0) is 38.1 Å². The maximum Gasteiger partial charge on any atom is 0.257 e. The summed E-state index contributed by atoms with van der Waals surface area (Å²) in [5.41, 5.74) is 0.0635. The standard InChI is InChI=1S/C32H52N4O9/c1-25(37)13-16-41-17-18-42-19-20-43-21-22-44-23-24-45-29-11-9-28(10-12-29)26(2)33-36(8)31(40)32(4,5)30(39)35(7)15-14-34(6)27(3)38/h9-12H,13-24H2,1-8H3. The number of nitrogens with zero attached hydrogens (tertiary/aromatic N) is 4. The molecular formula is C32H52N4O9. The molecule has 1 rings (SSSR count). The minimum atomic E-state index is -1.34. The van der Waals surface area contributed by atoms with Gasteiger partial charge in [-0.05, 0) is 57.5 Å². The molecule has 0 aliphatic carbocycles. The number of ketones is 1. The van der Waals surface area contributed by atoms with E-state index in [0.717, 1.165) is 5.56 Å². The van der Waals surface area contributed by atoms with E-state index in [9.17, 15) is 19.2 Å². The monoisotopic (exact) mass is 636 g/mol. The zero-order chi connectivity index (χ0) is 33.8. The summed E-state index contributed by atoms with van der Waals surface area (Å²) < 4.78 is 27.4. The molecule has 0 saturated heterocycles. The fraction of sp³-hybridized carbons (Fsp3) is 0.656. The van der Waals surface area contributed by atoms with Gasteiger partial charge in [0.05, 0.1) is 58.6 Å². The van der Waals surface area contributed by atoms with Gasteiger partial charge in [0.15, 0.2) is 0 Å². The number of hydrogen-bond acceptors (Lipinski definition) is 10. The molecule has 0 aromatic heterocycles. The smallest absolute Gasteiger partial charge is 0.257 e. The molecule has 0 unspecified atom stereocenters. The van der Waals surface area contributed by atoms with E-state index in [1.807, 2.05) is 24.3 Å². The van der Waals surface area contributed by atoms with Crippen LogP contribution in [0.5, 0.6) is 5.75 Å². The first-order valence-electron chi connectivity index (χ1n) is 15.1. The highest BCUT2D eigenvalue weighted by Gasteiger charge is 2.40. The van der Waals surface area contributed by atoms with Crippen LogP contribution < -0.4 is 4.74 Å². The first kappa shape index (κ1) is 39.6. The normalized spacial score (nSPS) is 11.7. The molecule has 1 aromatic carbocycles. The van der Waals surface area contributed by atoms with Gasteiger partial charge in [-0.15, -0.1) is 0 Å². The molecule has 0 bridgehead atoms. The van der Waals surface area contributed by atoms with Gasteiger partial charge in [-0.2, -0.15) is 5.10 Å². The molecule has 0 spiro atoms. The maximum absolute atomic E-state index is 13.2. The molecule has 0 fully saturated rings. The van der Waals surface area contributed by atoms with E-state index in [1.54, 1.807) is 34.9 Å². The van der Waals surface area contributed by atoms with Crippen molar-refractivity contribution < 1.29 is 42.9 Å². The van der Waals surface area contributed by atoms with E-state index < -0.39 is 11.3 Å². The molecule has 0 saturated carbocycles. The summed E-state index contributed by atoms with van der Waals surface area (Å²) >= 11 is 0. The predicted molar refractivity (Wildman–Crippen MR) is 170 cm³/mol. The van der Waals surface area contributed by atoms with E-state index in [1.165, 1.54) is 35.7 Å². The lowest BCUT2D eigenvalue weighted by Gasteiger charge is -2.31. The van der Waals surface area contributed by atoms with E-state index in [2.05, 4.69) is 5.10 Å². The number of amides is 3. The molecule has 0 heterocycles. The van der Waals surface area contributed by atoms with Gasteiger partial charge in [0.2, 0.25) is 11.8 Å². The fourth-order valence-corrected chi connectivity index (χ4v) is 3.85. The highest BCUT2D eigenvalue weighted by Crippen LogP contribution is 2.22. The summed E-state index contributed by atoms with van der Waals surface area (Å²) in [6.07, 6.45) is 0.423. The third-order valence-electron chi connectivity index (χ3n) is 6.80. The Morgan fingerprint density at radius 2 is 1.13 bits per heavy atom. The highest BCUT2D eigenvalue weighted by atomic mass is 16.6. The number of ether oxygens (including phenoxy) is 5. The Kier molecular flexibility index (Phi) is 18.8. The molecule has 0 aliphatic heterocycles. The van der Waals surface area contributed by atoms with E-state index in [4.69, 9.17) is 23.7 Å². The first-order valence-corrected chi connectivity index (χ1v) is 15.1. The summed E-state index contributed by atoms with van der Waals surface area (Å²) in [6, 6.07) is 7.32. The number of Topliss-reactive ketones (excluding diaryl/α,β-unsaturated/α-hetero) is 1. The van der Waals surface area contributed by atoms with Gasteiger partial charge in [0.1, 0.15) is 23.6 Å². The molecule has 13 heteroatoms. The Balaban J connectivity index is 2.34. The van der Waals surface area contributed by atoms with Crippen LogP contribution in [0.4, 0.5) is 0 Å². The lowest BCUT2D eigenvalue weighted by atomic mass is 9.90. The molecule has 13 nitrogen and oxygen atoms in total. The summed E-state index contributed by atoms with van der Waals surface area (Å²) in [7, 11) is 4.80. The van der Waals surface area contributed by atoms with Gasteiger partial charge in [-0.3, -0.25) is 19.2 Å².